The minimum atomic E-state index is -0.383. The van der Waals surface area contributed by atoms with Gasteiger partial charge in [0.25, 0.3) is 17.7 Å². The zero-order valence-electron chi connectivity index (χ0n) is 24.6. The van der Waals surface area contributed by atoms with Gasteiger partial charge in [0.2, 0.25) is 0 Å². The summed E-state index contributed by atoms with van der Waals surface area (Å²) in [5.74, 6) is -0.937. The lowest BCUT2D eigenvalue weighted by Gasteiger charge is -2.26. The molecule has 13 heteroatoms. The Morgan fingerprint density at radius 2 is 1.60 bits per heavy atom. The molecule has 2 aromatic carbocycles. The number of nitrogens with zero attached hydrogens (tertiary/aromatic N) is 4. The molecule has 3 aromatic heterocycles. The van der Waals surface area contributed by atoms with Crippen molar-refractivity contribution in [3.8, 4) is 0 Å². The average molecular weight is 609 g/mol. The standard InChI is InChI=1S/C32H32N8O5/c1-39-20-25(36-30(41)23-7-4-21(5-8-23)2-3-22-6-9-26-27(16-22)38-45-37-26)18-29(39)32(43)35-24-17-28(34-19-24)31(42)33-10-11-40-12-14-44-15-13-40/h2-9,16-20,34H,10-15H2,1H3,(H,33,42)(H,35,43)(H,36,41)/b3-2+. The minimum absolute atomic E-state index is 0.251. The third kappa shape index (κ3) is 7.34. The zero-order chi connectivity index (χ0) is 31.2. The number of H-pyrrole nitrogens is 1. The van der Waals surface area contributed by atoms with E-state index in [0.29, 0.717) is 59.1 Å². The zero-order valence-corrected chi connectivity index (χ0v) is 24.6. The molecule has 0 unspecified atom stereocenters. The number of aromatic nitrogens is 4. The number of fused-ring (bicyclic) bond motifs is 1. The van der Waals surface area contributed by atoms with Crippen LogP contribution in [0.15, 0.2) is 71.6 Å². The van der Waals surface area contributed by atoms with E-state index in [9.17, 15) is 14.4 Å². The monoisotopic (exact) mass is 608 g/mol. The van der Waals surface area contributed by atoms with Gasteiger partial charge in [-0.1, -0.05) is 30.4 Å². The van der Waals surface area contributed by atoms with Gasteiger partial charge in [0.05, 0.1) is 24.6 Å². The van der Waals surface area contributed by atoms with E-state index in [1.807, 2.05) is 42.5 Å². The highest BCUT2D eigenvalue weighted by Gasteiger charge is 2.17. The first-order chi connectivity index (χ1) is 21.9. The van der Waals surface area contributed by atoms with Crippen molar-refractivity contribution < 1.29 is 23.7 Å². The second kappa shape index (κ2) is 13.4. The number of amides is 3. The molecule has 1 aliphatic rings. The molecule has 0 radical (unpaired) electrons. The van der Waals surface area contributed by atoms with Gasteiger partial charge in [-0.15, -0.1) is 0 Å². The molecule has 45 heavy (non-hydrogen) atoms. The van der Waals surface area contributed by atoms with Gasteiger partial charge in [-0.05, 0) is 57.8 Å². The van der Waals surface area contributed by atoms with Crippen molar-refractivity contribution in [1.82, 2.24) is 30.1 Å². The summed E-state index contributed by atoms with van der Waals surface area (Å²) < 4.78 is 11.7. The Balaban J connectivity index is 1.00. The lowest BCUT2D eigenvalue weighted by Crippen LogP contribution is -2.41. The molecule has 230 valence electrons. The Bertz CT molecular complexity index is 1850. The number of rotatable bonds is 10. The van der Waals surface area contributed by atoms with Crippen LogP contribution in [0.3, 0.4) is 0 Å². The number of carbonyl (C=O) groups is 3. The maximum Gasteiger partial charge on any atom is 0.272 e. The molecule has 5 aromatic rings. The van der Waals surface area contributed by atoms with E-state index in [4.69, 9.17) is 9.37 Å². The van der Waals surface area contributed by atoms with Crippen LogP contribution in [0.2, 0.25) is 0 Å². The third-order valence-corrected chi connectivity index (χ3v) is 7.42. The normalized spacial score (nSPS) is 13.7. The molecule has 13 nitrogen and oxygen atoms in total. The van der Waals surface area contributed by atoms with Crippen molar-refractivity contribution in [3.05, 3.63) is 95.1 Å². The van der Waals surface area contributed by atoms with Crippen LogP contribution in [-0.4, -0.2) is 81.9 Å². The Hall–Kier alpha value is -5.53. The number of nitrogens with one attached hydrogen (secondary N) is 4. The minimum Gasteiger partial charge on any atom is -0.379 e. The summed E-state index contributed by atoms with van der Waals surface area (Å²) in [5, 5.41) is 16.2. The lowest BCUT2D eigenvalue weighted by molar-refractivity contribution is 0.0383. The van der Waals surface area contributed by atoms with Gasteiger partial charge in [-0.25, -0.2) is 4.63 Å². The van der Waals surface area contributed by atoms with Crippen LogP contribution < -0.4 is 16.0 Å². The molecule has 0 aliphatic carbocycles. The number of hydrogen-bond donors (Lipinski definition) is 4. The topological polar surface area (TPSA) is 159 Å². The van der Waals surface area contributed by atoms with Crippen LogP contribution in [0.5, 0.6) is 0 Å². The van der Waals surface area contributed by atoms with Crippen LogP contribution >= 0.6 is 0 Å². The SMILES string of the molecule is Cn1cc(NC(=O)c2ccc(/C=C/c3ccc4nonc4c3)cc2)cc1C(=O)Nc1c[nH]c(C(=O)NCCN2CCOCC2)c1. The van der Waals surface area contributed by atoms with E-state index in [0.717, 1.165) is 30.8 Å². The fraction of sp³-hybridized carbons (Fsp3) is 0.219. The summed E-state index contributed by atoms with van der Waals surface area (Å²) in [6, 6.07) is 16.0. The van der Waals surface area contributed by atoms with Crippen molar-refractivity contribution in [2.24, 2.45) is 7.05 Å². The largest absolute Gasteiger partial charge is 0.379 e. The van der Waals surface area contributed by atoms with Crippen molar-refractivity contribution >= 4 is 52.3 Å². The highest BCUT2D eigenvalue weighted by atomic mass is 16.6. The van der Waals surface area contributed by atoms with Gasteiger partial charge in [-0.3, -0.25) is 19.3 Å². The highest BCUT2D eigenvalue weighted by molar-refractivity contribution is 6.07. The first-order valence-electron chi connectivity index (χ1n) is 14.5. The van der Waals surface area contributed by atoms with Crippen molar-refractivity contribution in [3.63, 3.8) is 0 Å². The van der Waals surface area contributed by atoms with Gasteiger partial charge in [-0.2, -0.15) is 0 Å². The summed E-state index contributed by atoms with van der Waals surface area (Å²) in [6.07, 6.45) is 7.10. The number of carbonyl (C=O) groups excluding carboxylic acids is 3. The molecule has 0 saturated carbocycles. The fourth-order valence-electron chi connectivity index (χ4n) is 4.94. The van der Waals surface area contributed by atoms with Crippen LogP contribution in [0.1, 0.15) is 42.5 Å². The molecule has 1 saturated heterocycles. The molecule has 0 spiro atoms. The van der Waals surface area contributed by atoms with E-state index < -0.39 is 0 Å². The van der Waals surface area contributed by atoms with Gasteiger partial charge < -0.3 is 30.2 Å². The predicted octanol–water partition coefficient (Wildman–Crippen LogP) is 3.63. The second-order valence-electron chi connectivity index (χ2n) is 10.6. The first kappa shape index (κ1) is 29.5. The Kier molecular flexibility index (Phi) is 8.80. The quantitative estimate of drug-likeness (QED) is 0.175. The third-order valence-electron chi connectivity index (χ3n) is 7.42. The number of anilines is 2. The molecular weight excluding hydrogens is 576 g/mol. The van der Waals surface area contributed by atoms with E-state index >= 15 is 0 Å². The van der Waals surface area contributed by atoms with E-state index in [-0.39, 0.29) is 17.7 Å². The Labute approximate surface area is 258 Å². The predicted molar refractivity (Wildman–Crippen MR) is 169 cm³/mol. The van der Waals surface area contributed by atoms with Crippen molar-refractivity contribution in [2.75, 3.05) is 50.0 Å². The molecule has 1 fully saturated rings. The van der Waals surface area contributed by atoms with Crippen LogP contribution in [0.25, 0.3) is 23.2 Å². The van der Waals surface area contributed by atoms with Crippen LogP contribution in [0, 0.1) is 0 Å². The maximum absolute atomic E-state index is 13.0. The average Bonchev–Trinajstić information content (AvgIpc) is 3.80. The molecule has 6 rings (SSSR count). The number of hydrogen-bond acceptors (Lipinski definition) is 8. The molecule has 1 aliphatic heterocycles. The lowest BCUT2D eigenvalue weighted by atomic mass is 10.1. The summed E-state index contributed by atoms with van der Waals surface area (Å²) in [4.78, 5) is 43.6. The number of benzene rings is 2. The van der Waals surface area contributed by atoms with Crippen molar-refractivity contribution in [1.29, 1.82) is 0 Å². The summed E-state index contributed by atoms with van der Waals surface area (Å²) in [6.45, 7) is 4.38. The molecule has 0 bridgehead atoms. The number of aryl methyl sites for hydroxylation is 1. The number of morpholine rings is 1. The smallest absolute Gasteiger partial charge is 0.272 e. The molecule has 3 amide bonds. The second-order valence-corrected chi connectivity index (χ2v) is 10.6. The van der Waals surface area contributed by atoms with Gasteiger partial charge in [0.1, 0.15) is 22.4 Å². The van der Waals surface area contributed by atoms with Gasteiger partial charge in [0, 0.05) is 51.2 Å². The summed E-state index contributed by atoms with van der Waals surface area (Å²) in [5.41, 5.74) is 5.32. The van der Waals surface area contributed by atoms with Crippen LogP contribution in [-0.2, 0) is 11.8 Å². The van der Waals surface area contributed by atoms with Gasteiger partial charge >= 0.3 is 0 Å². The molecule has 4 N–H and O–H groups in total. The first-order valence-corrected chi connectivity index (χ1v) is 14.5. The van der Waals surface area contributed by atoms with Crippen molar-refractivity contribution in [2.45, 2.75) is 0 Å². The Morgan fingerprint density at radius 1 is 0.867 bits per heavy atom. The van der Waals surface area contributed by atoms with Crippen LogP contribution in [0.4, 0.5) is 11.4 Å². The van der Waals surface area contributed by atoms with Gasteiger partial charge in [0.15, 0.2) is 0 Å². The summed E-state index contributed by atoms with van der Waals surface area (Å²) in [7, 11) is 1.72. The fourth-order valence-corrected chi connectivity index (χ4v) is 4.94. The Morgan fingerprint density at radius 3 is 2.42 bits per heavy atom. The maximum atomic E-state index is 13.0. The van der Waals surface area contributed by atoms with E-state index in [1.165, 1.54) is 0 Å². The van der Waals surface area contributed by atoms with E-state index in [2.05, 4.69) is 36.1 Å². The van der Waals surface area contributed by atoms with E-state index in [1.54, 1.807) is 48.3 Å². The molecular formula is C32H32N8O5. The summed E-state index contributed by atoms with van der Waals surface area (Å²) >= 11 is 0. The molecule has 0 atom stereocenters. The molecule has 4 heterocycles. The highest BCUT2D eigenvalue weighted by Crippen LogP contribution is 2.19. The number of ether oxygens (including phenoxy) is 1. The number of aromatic amines is 1.